The number of aromatic nitrogens is 1. The van der Waals surface area contributed by atoms with Crippen LogP contribution in [0.5, 0.6) is 11.5 Å². The van der Waals surface area contributed by atoms with E-state index in [-0.39, 0.29) is 0 Å². The summed E-state index contributed by atoms with van der Waals surface area (Å²) in [7, 11) is 1.67. The summed E-state index contributed by atoms with van der Waals surface area (Å²) in [6.07, 6.45) is 0. The first kappa shape index (κ1) is 10.6. The molecule has 2 aromatic rings. The van der Waals surface area contributed by atoms with Crippen LogP contribution >= 0.6 is 11.3 Å². The maximum atomic E-state index is 5.34. The third kappa shape index (κ3) is 1.99. The van der Waals surface area contributed by atoms with E-state index in [1.165, 1.54) is 0 Å². The fraction of sp³-hybridized carbons (Fsp3) is 0.250. The largest absolute Gasteiger partial charge is 0.454 e. The highest BCUT2D eigenvalue weighted by atomic mass is 32.1. The van der Waals surface area contributed by atoms with Crippen LogP contribution in [-0.4, -0.2) is 18.9 Å². The van der Waals surface area contributed by atoms with Crippen molar-refractivity contribution in [2.24, 2.45) is 0 Å². The number of fused-ring (bicyclic) bond motifs is 1. The van der Waals surface area contributed by atoms with Gasteiger partial charge in [-0.05, 0) is 18.2 Å². The average molecular weight is 249 g/mol. The van der Waals surface area contributed by atoms with Gasteiger partial charge in [0.2, 0.25) is 6.79 Å². The van der Waals surface area contributed by atoms with Crippen LogP contribution < -0.4 is 9.47 Å². The van der Waals surface area contributed by atoms with Gasteiger partial charge in [-0.2, -0.15) is 0 Å². The third-order valence-electron chi connectivity index (χ3n) is 2.49. The molecular formula is C12H11NO3S. The molecule has 1 aliphatic rings. The molecule has 0 saturated heterocycles. The molecule has 0 atom stereocenters. The summed E-state index contributed by atoms with van der Waals surface area (Å²) in [5, 5.41) is 2.99. The van der Waals surface area contributed by atoms with Gasteiger partial charge in [0, 0.05) is 18.1 Å². The van der Waals surface area contributed by atoms with Crippen molar-refractivity contribution in [2.75, 3.05) is 13.9 Å². The molecule has 0 amide bonds. The van der Waals surface area contributed by atoms with Gasteiger partial charge in [0.05, 0.1) is 12.3 Å². The molecule has 0 aliphatic carbocycles. The lowest BCUT2D eigenvalue weighted by atomic mass is 10.1. The predicted octanol–water partition coefficient (Wildman–Crippen LogP) is 2.69. The fourth-order valence-electron chi connectivity index (χ4n) is 1.69. The van der Waals surface area contributed by atoms with Crippen molar-refractivity contribution >= 4 is 11.3 Å². The molecule has 0 bridgehead atoms. The minimum atomic E-state index is 0.296. The summed E-state index contributed by atoms with van der Waals surface area (Å²) in [6.45, 7) is 0.847. The van der Waals surface area contributed by atoms with Crippen LogP contribution in [0.2, 0.25) is 0 Å². The molecule has 17 heavy (non-hydrogen) atoms. The van der Waals surface area contributed by atoms with Gasteiger partial charge >= 0.3 is 0 Å². The van der Waals surface area contributed by atoms with E-state index < -0.39 is 0 Å². The Morgan fingerprint density at radius 2 is 2.24 bits per heavy atom. The molecule has 0 spiro atoms. The Bertz CT molecular complexity index is 538. The quantitative estimate of drug-likeness (QED) is 0.838. The first-order valence-electron chi connectivity index (χ1n) is 5.20. The molecule has 5 heteroatoms. The molecular weight excluding hydrogens is 238 g/mol. The molecule has 1 aliphatic heterocycles. The molecule has 4 nitrogen and oxygen atoms in total. The van der Waals surface area contributed by atoms with Crippen molar-refractivity contribution in [3.8, 4) is 22.8 Å². The van der Waals surface area contributed by atoms with Crippen molar-refractivity contribution in [3.63, 3.8) is 0 Å². The van der Waals surface area contributed by atoms with E-state index >= 15 is 0 Å². The van der Waals surface area contributed by atoms with Crippen LogP contribution in [-0.2, 0) is 11.3 Å². The highest BCUT2D eigenvalue weighted by Crippen LogP contribution is 2.36. The molecule has 2 heterocycles. The van der Waals surface area contributed by atoms with Crippen LogP contribution in [0.4, 0.5) is 0 Å². The number of hydrogen-bond donors (Lipinski definition) is 0. The van der Waals surface area contributed by atoms with Gasteiger partial charge < -0.3 is 14.2 Å². The Morgan fingerprint density at radius 1 is 1.35 bits per heavy atom. The minimum Gasteiger partial charge on any atom is -0.454 e. The molecule has 0 radical (unpaired) electrons. The molecule has 0 N–H and O–H groups in total. The van der Waals surface area contributed by atoms with Crippen molar-refractivity contribution in [1.82, 2.24) is 4.98 Å². The Kier molecular flexibility index (Phi) is 2.70. The molecule has 0 saturated carbocycles. The molecule has 0 fully saturated rings. The van der Waals surface area contributed by atoms with Crippen molar-refractivity contribution in [1.29, 1.82) is 0 Å². The summed E-state index contributed by atoms with van der Waals surface area (Å²) in [6, 6.07) is 5.85. The van der Waals surface area contributed by atoms with Crippen LogP contribution in [0.3, 0.4) is 0 Å². The van der Waals surface area contributed by atoms with Crippen LogP contribution in [0, 0.1) is 0 Å². The predicted molar refractivity (Wildman–Crippen MR) is 64.4 cm³/mol. The first-order valence-corrected chi connectivity index (χ1v) is 6.08. The van der Waals surface area contributed by atoms with Gasteiger partial charge in [-0.1, -0.05) is 0 Å². The second-order valence-electron chi connectivity index (χ2n) is 3.63. The number of thiazole rings is 1. The third-order valence-corrected chi connectivity index (χ3v) is 3.31. The van der Waals surface area contributed by atoms with E-state index in [0.29, 0.717) is 13.4 Å². The van der Waals surface area contributed by atoms with E-state index in [1.54, 1.807) is 18.4 Å². The van der Waals surface area contributed by atoms with Gasteiger partial charge in [-0.15, -0.1) is 11.3 Å². The topological polar surface area (TPSA) is 40.6 Å². The number of nitrogens with zero attached hydrogens (tertiary/aromatic N) is 1. The Morgan fingerprint density at radius 3 is 3.12 bits per heavy atom. The lowest BCUT2D eigenvalue weighted by Gasteiger charge is -1.99. The van der Waals surface area contributed by atoms with Gasteiger partial charge in [0.15, 0.2) is 11.5 Å². The Balaban J connectivity index is 1.92. The SMILES string of the molecule is COCc1nc(-c2ccc3c(c2)OCO3)cs1. The van der Waals surface area contributed by atoms with Gasteiger partial charge in [-0.25, -0.2) is 4.98 Å². The number of rotatable bonds is 3. The van der Waals surface area contributed by atoms with Crippen LogP contribution in [0.1, 0.15) is 5.01 Å². The lowest BCUT2D eigenvalue weighted by molar-refractivity contribution is 0.174. The second kappa shape index (κ2) is 4.35. The maximum Gasteiger partial charge on any atom is 0.231 e. The fourth-order valence-corrected chi connectivity index (χ4v) is 2.46. The van der Waals surface area contributed by atoms with Crippen molar-refractivity contribution in [3.05, 3.63) is 28.6 Å². The van der Waals surface area contributed by atoms with Crippen LogP contribution in [0.25, 0.3) is 11.3 Å². The van der Waals surface area contributed by atoms with Gasteiger partial charge in [-0.3, -0.25) is 0 Å². The van der Waals surface area contributed by atoms with Crippen molar-refractivity contribution < 1.29 is 14.2 Å². The zero-order valence-electron chi connectivity index (χ0n) is 9.30. The highest BCUT2D eigenvalue weighted by molar-refractivity contribution is 7.09. The molecule has 0 unspecified atom stereocenters. The van der Waals surface area contributed by atoms with Crippen molar-refractivity contribution in [2.45, 2.75) is 6.61 Å². The first-order chi connectivity index (χ1) is 8.36. The normalized spacial score (nSPS) is 13.0. The number of ether oxygens (including phenoxy) is 3. The van der Waals surface area contributed by atoms with Gasteiger partial charge in [0.1, 0.15) is 5.01 Å². The standard InChI is InChI=1S/C12H11NO3S/c1-14-5-12-13-9(6-17-12)8-2-3-10-11(4-8)16-7-15-10/h2-4,6H,5,7H2,1H3. The highest BCUT2D eigenvalue weighted by Gasteiger charge is 2.14. The van der Waals surface area contributed by atoms with Gasteiger partial charge in [0.25, 0.3) is 0 Å². The second-order valence-corrected chi connectivity index (χ2v) is 4.57. The summed E-state index contributed by atoms with van der Waals surface area (Å²) < 4.78 is 15.7. The smallest absolute Gasteiger partial charge is 0.231 e. The number of methoxy groups -OCH3 is 1. The summed E-state index contributed by atoms with van der Waals surface area (Å²) in [4.78, 5) is 4.49. The van der Waals surface area contributed by atoms with E-state index in [9.17, 15) is 0 Å². The van der Waals surface area contributed by atoms with Crippen LogP contribution in [0.15, 0.2) is 23.6 Å². The maximum absolute atomic E-state index is 5.34. The zero-order valence-corrected chi connectivity index (χ0v) is 10.1. The summed E-state index contributed by atoms with van der Waals surface area (Å²) >= 11 is 1.59. The van der Waals surface area contributed by atoms with E-state index in [0.717, 1.165) is 27.8 Å². The summed E-state index contributed by atoms with van der Waals surface area (Å²) in [5.74, 6) is 1.57. The molecule has 1 aromatic heterocycles. The molecule has 3 rings (SSSR count). The summed E-state index contributed by atoms with van der Waals surface area (Å²) in [5.41, 5.74) is 1.98. The monoisotopic (exact) mass is 249 g/mol. The zero-order chi connectivity index (χ0) is 11.7. The van der Waals surface area contributed by atoms with E-state index in [2.05, 4.69) is 4.98 Å². The number of benzene rings is 1. The molecule has 1 aromatic carbocycles. The number of hydrogen-bond acceptors (Lipinski definition) is 5. The lowest BCUT2D eigenvalue weighted by Crippen LogP contribution is -1.92. The Hall–Kier alpha value is -1.59. The van der Waals surface area contributed by atoms with E-state index in [1.807, 2.05) is 23.6 Å². The minimum absolute atomic E-state index is 0.296. The molecule has 88 valence electrons. The Labute approximate surface area is 103 Å². The van der Waals surface area contributed by atoms with E-state index in [4.69, 9.17) is 14.2 Å². The average Bonchev–Trinajstić information content (AvgIpc) is 2.96.